The van der Waals surface area contributed by atoms with Crippen LogP contribution in [0.25, 0.3) is 0 Å². The first kappa shape index (κ1) is 16.8. The average molecular weight is 323 g/mol. The van der Waals surface area contributed by atoms with Crippen LogP contribution in [-0.4, -0.2) is 30.3 Å². The Bertz CT molecular complexity index is 527. The number of nitrogens with one attached hydrogen (secondary N) is 1. The molecule has 1 N–H and O–H groups in total. The highest BCUT2D eigenvalue weighted by molar-refractivity contribution is 6.30. The number of benzene rings is 1. The molecule has 0 atom stereocenters. The van der Waals surface area contributed by atoms with Gasteiger partial charge in [0, 0.05) is 24.5 Å². The highest BCUT2D eigenvalue weighted by Gasteiger charge is 2.21. The molecule has 0 unspecified atom stereocenters. The summed E-state index contributed by atoms with van der Waals surface area (Å²) in [5.74, 6) is 0.00752. The molecule has 0 aromatic heterocycles. The molecule has 4 nitrogen and oxygen atoms in total. The second-order valence-electron chi connectivity index (χ2n) is 5.93. The maximum atomic E-state index is 12.1. The van der Waals surface area contributed by atoms with Crippen molar-refractivity contribution >= 4 is 23.4 Å². The highest BCUT2D eigenvalue weighted by atomic mass is 35.5. The second-order valence-corrected chi connectivity index (χ2v) is 6.37. The summed E-state index contributed by atoms with van der Waals surface area (Å²) in [7, 11) is 1.73. The number of hydrogen-bond donors (Lipinski definition) is 1. The molecule has 0 aliphatic heterocycles. The number of nitrogens with zero attached hydrogens (tertiary/aromatic N) is 1. The summed E-state index contributed by atoms with van der Waals surface area (Å²) in [6.45, 7) is 0.547. The molecule has 1 saturated carbocycles. The topological polar surface area (TPSA) is 49.4 Å². The molecule has 1 aliphatic rings. The normalized spacial score (nSPS) is 15.4. The van der Waals surface area contributed by atoms with E-state index in [0.29, 0.717) is 11.6 Å². The van der Waals surface area contributed by atoms with E-state index in [1.807, 2.05) is 18.2 Å². The fourth-order valence-electron chi connectivity index (χ4n) is 2.80. The minimum Gasteiger partial charge on any atom is -0.347 e. The van der Waals surface area contributed by atoms with Crippen molar-refractivity contribution in [3.8, 4) is 0 Å². The average Bonchev–Trinajstić information content (AvgIpc) is 2.53. The molecule has 22 heavy (non-hydrogen) atoms. The van der Waals surface area contributed by atoms with Crippen LogP contribution in [0.1, 0.15) is 37.7 Å². The van der Waals surface area contributed by atoms with E-state index in [9.17, 15) is 9.59 Å². The van der Waals surface area contributed by atoms with Crippen molar-refractivity contribution in [3.63, 3.8) is 0 Å². The Hall–Kier alpha value is -1.55. The van der Waals surface area contributed by atoms with Gasteiger partial charge >= 0.3 is 0 Å². The van der Waals surface area contributed by atoms with Crippen molar-refractivity contribution in [2.75, 3.05) is 13.6 Å². The first-order valence-electron chi connectivity index (χ1n) is 7.82. The van der Waals surface area contributed by atoms with Crippen LogP contribution in [0.15, 0.2) is 24.3 Å². The van der Waals surface area contributed by atoms with Crippen molar-refractivity contribution < 1.29 is 9.59 Å². The van der Waals surface area contributed by atoms with Crippen LogP contribution >= 0.6 is 11.6 Å². The first-order valence-corrected chi connectivity index (χ1v) is 8.20. The number of likely N-dealkylation sites (N-methyl/N-ethyl adjacent to an activating group) is 1. The summed E-state index contributed by atoms with van der Waals surface area (Å²) in [6, 6.07) is 7.43. The van der Waals surface area contributed by atoms with Crippen LogP contribution in [0.3, 0.4) is 0 Å². The molecule has 1 aromatic carbocycles. The quantitative estimate of drug-likeness (QED) is 0.906. The van der Waals surface area contributed by atoms with Gasteiger partial charge in [-0.15, -0.1) is 0 Å². The van der Waals surface area contributed by atoms with Crippen molar-refractivity contribution in [2.45, 2.75) is 38.6 Å². The standard InChI is InChI=1S/C17H23ClN2O2/c1-20(12-13-6-5-9-15(18)10-13)16(21)11-19-17(22)14-7-3-2-4-8-14/h5-6,9-10,14H,2-4,7-8,11-12H2,1H3,(H,19,22). The molecule has 120 valence electrons. The summed E-state index contributed by atoms with van der Waals surface area (Å²) in [4.78, 5) is 25.7. The van der Waals surface area contributed by atoms with Crippen molar-refractivity contribution in [3.05, 3.63) is 34.9 Å². The van der Waals surface area contributed by atoms with E-state index in [0.717, 1.165) is 31.2 Å². The number of hydrogen-bond acceptors (Lipinski definition) is 2. The van der Waals surface area contributed by atoms with Gasteiger partial charge in [-0.1, -0.05) is 43.0 Å². The minimum atomic E-state index is -0.0934. The Balaban J connectivity index is 1.77. The van der Waals surface area contributed by atoms with E-state index >= 15 is 0 Å². The van der Waals surface area contributed by atoms with Gasteiger partial charge in [-0.3, -0.25) is 9.59 Å². The fourth-order valence-corrected chi connectivity index (χ4v) is 3.02. The molecule has 0 bridgehead atoms. The number of amides is 2. The van der Waals surface area contributed by atoms with Crippen LogP contribution in [0.2, 0.25) is 5.02 Å². The third-order valence-corrected chi connectivity index (χ3v) is 4.36. The molecule has 5 heteroatoms. The Labute approximate surface area is 136 Å². The van der Waals surface area contributed by atoms with Crippen molar-refractivity contribution in [1.29, 1.82) is 0 Å². The fraction of sp³-hybridized carbons (Fsp3) is 0.529. The van der Waals surface area contributed by atoms with Crippen LogP contribution in [0.5, 0.6) is 0 Å². The van der Waals surface area contributed by atoms with Crippen LogP contribution < -0.4 is 5.32 Å². The smallest absolute Gasteiger partial charge is 0.242 e. The Morgan fingerprint density at radius 1 is 1.27 bits per heavy atom. The minimum absolute atomic E-state index is 0.0178. The summed E-state index contributed by atoms with van der Waals surface area (Å²) >= 11 is 5.94. The third kappa shape index (κ3) is 5.02. The second kappa shape index (κ2) is 8.18. The van der Waals surface area contributed by atoms with Gasteiger partial charge in [0.2, 0.25) is 11.8 Å². The molecule has 1 aliphatic carbocycles. The lowest BCUT2D eigenvalue weighted by molar-refractivity contribution is -0.133. The van der Waals surface area contributed by atoms with E-state index in [-0.39, 0.29) is 24.3 Å². The molecular weight excluding hydrogens is 300 g/mol. The Morgan fingerprint density at radius 2 is 2.00 bits per heavy atom. The maximum absolute atomic E-state index is 12.1. The predicted molar refractivity (Wildman–Crippen MR) is 87.5 cm³/mol. The van der Waals surface area contributed by atoms with E-state index in [4.69, 9.17) is 11.6 Å². The van der Waals surface area contributed by atoms with Gasteiger partial charge in [0.1, 0.15) is 0 Å². The first-order chi connectivity index (χ1) is 10.6. The van der Waals surface area contributed by atoms with E-state index in [1.54, 1.807) is 18.0 Å². The summed E-state index contributed by atoms with van der Waals surface area (Å²) in [6.07, 6.45) is 5.32. The molecular formula is C17H23ClN2O2. The monoisotopic (exact) mass is 322 g/mol. The van der Waals surface area contributed by atoms with Gasteiger partial charge in [0.15, 0.2) is 0 Å². The molecule has 0 spiro atoms. The lowest BCUT2D eigenvalue weighted by atomic mass is 9.89. The lowest BCUT2D eigenvalue weighted by Gasteiger charge is -2.22. The maximum Gasteiger partial charge on any atom is 0.242 e. The summed E-state index contributed by atoms with van der Waals surface area (Å²) in [5, 5.41) is 3.43. The Kier molecular flexibility index (Phi) is 6.25. The molecule has 2 amide bonds. The molecule has 1 fully saturated rings. The van der Waals surface area contributed by atoms with E-state index in [2.05, 4.69) is 5.32 Å². The SMILES string of the molecule is CN(Cc1cccc(Cl)c1)C(=O)CNC(=O)C1CCCCC1. The summed E-state index contributed by atoms with van der Waals surface area (Å²) < 4.78 is 0. The number of carbonyl (C=O) groups excluding carboxylic acids is 2. The highest BCUT2D eigenvalue weighted by Crippen LogP contribution is 2.23. The zero-order valence-corrected chi connectivity index (χ0v) is 13.7. The molecule has 0 radical (unpaired) electrons. The van der Waals surface area contributed by atoms with Gasteiger partial charge in [0.25, 0.3) is 0 Å². The van der Waals surface area contributed by atoms with E-state index < -0.39 is 0 Å². The van der Waals surface area contributed by atoms with Crippen molar-refractivity contribution in [1.82, 2.24) is 10.2 Å². The van der Waals surface area contributed by atoms with Gasteiger partial charge < -0.3 is 10.2 Å². The summed E-state index contributed by atoms with van der Waals surface area (Å²) in [5.41, 5.74) is 0.974. The molecule has 0 heterocycles. The van der Waals surface area contributed by atoms with Crippen LogP contribution in [0.4, 0.5) is 0 Å². The largest absolute Gasteiger partial charge is 0.347 e. The Morgan fingerprint density at radius 3 is 2.68 bits per heavy atom. The number of rotatable bonds is 5. The van der Waals surface area contributed by atoms with Gasteiger partial charge in [-0.05, 0) is 30.5 Å². The zero-order chi connectivity index (χ0) is 15.9. The van der Waals surface area contributed by atoms with E-state index in [1.165, 1.54) is 6.42 Å². The number of carbonyl (C=O) groups is 2. The van der Waals surface area contributed by atoms with Crippen LogP contribution in [0, 0.1) is 5.92 Å². The van der Waals surface area contributed by atoms with Crippen LogP contribution in [-0.2, 0) is 16.1 Å². The lowest BCUT2D eigenvalue weighted by Crippen LogP contribution is -2.40. The predicted octanol–water partition coefficient (Wildman–Crippen LogP) is 2.99. The number of halogens is 1. The third-order valence-electron chi connectivity index (χ3n) is 4.12. The molecule has 2 rings (SSSR count). The molecule has 0 saturated heterocycles. The van der Waals surface area contributed by atoms with Gasteiger partial charge in [-0.25, -0.2) is 0 Å². The van der Waals surface area contributed by atoms with Crippen molar-refractivity contribution in [2.24, 2.45) is 5.92 Å². The van der Waals surface area contributed by atoms with Gasteiger partial charge in [0.05, 0.1) is 6.54 Å². The van der Waals surface area contributed by atoms with Gasteiger partial charge in [-0.2, -0.15) is 0 Å². The zero-order valence-electron chi connectivity index (χ0n) is 13.0. The molecule has 1 aromatic rings.